The van der Waals surface area contributed by atoms with Gasteiger partial charge in [-0.15, -0.1) is 0 Å². The number of nitrogens with one attached hydrogen (secondary N) is 1. The normalized spacial score (nSPS) is 21.9. The summed E-state index contributed by atoms with van der Waals surface area (Å²) in [6.45, 7) is 8.43. The molecule has 0 amide bonds. The second-order valence-corrected chi connectivity index (χ2v) is 4.69. The number of hydrogen-bond acceptors (Lipinski definition) is 5. The van der Waals surface area contributed by atoms with Crippen molar-refractivity contribution >= 4 is 0 Å². The third-order valence-corrected chi connectivity index (χ3v) is 3.20. The maximum absolute atomic E-state index is 5.69. The molecule has 2 heterocycles. The van der Waals surface area contributed by atoms with E-state index >= 15 is 0 Å². The molecule has 0 bridgehead atoms. The van der Waals surface area contributed by atoms with E-state index in [9.17, 15) is 0 Å². The van der Waals surface area contributed by atoms with E-state index in [4.69, 9.17) is 9.26 Å². The van der Waals surface area contributed by atoms with Crippen molar-refractivity contribution in [3.8, 4) is 0 Å². The summed E-state index contributed by atoms with van der Waals surface area (Å²) in [7, 11) is 2.13. The molecule has 0 aromatic carbocycles. The molecule has 1 unspecified atom stereocenters. The molecule has 0 aliphatic carbocycles. The minimum Gasteiger partial charge on any atom is -0.374 e. The Morgan fingerprint density at radius 1 is 1.47 bits per heavy atom. The number of aryl methyl sites for hydroxylation is 2. The Morgan fingerprint density at radius 3 is 2.94 bits per heavy atom. The molecule has 1 fully saturated rings. The summed E-state index contributed by atoms with van der Waals surface area (Å²) in [5.74, 6) is 0.900. The van der Waals surface area contributed by atoms with Crippen LogP contribution in [-0.4, -0.2) is 49.4 Å². The summed E-state index contributed by atoms with van der Waals surface area (Å²) in [6.07, 6.45) is 0.286. The fraction of sp³-hybridized carbons (Fsp3) is 0.750. The summed E-state index contributed by atoms with van der Waals surface area (Å²) < 4.78 is 10.8. The number of likely N-dealkylation sites (N-methyl/N-ethyl adjacent to an activating group) is 1. The number of ether oxygens (including phenoxy) is 1. The van der Waals surface area contributed by atoms with Crippen molar-refractivity contribution in [2.24, 2.45) is 0 Å². The predicted octanol–water partition coefficient (Wildman–Crippen LogP) is 0.712. The van der Waals surface area contributed by atoms with Gasteiger partial charge in [-0.2, -0.15) is 0 Å². The third kappa shape index (κ3) is 3.28. The predicted molar refractivity (Wildman–Crippen MR) is 64.9 cm³/mol. The van der Waals surface area contributed by atoms with Crippen molar-refractivity contribution in [1.29, 1.82) is 0 Å². The van der Waals surface area contributed by atoms with E-state index in [2.05, 4.69) is 22.4 Å². The van der Waals surface area contributed by atoms with E-state index in [-0.39, 0.29) is 6.10 Å². The molecule has 1 aliphatic rings. The van der Waals surface area contributed by atoms with Gasteiger partial charge in [0.25, 0.3) is 0 Å². The number of rotatable bonds is 4. The molecule has 1 aliphatic heterocycles. The summed E-state index contributed by atoms with van der Waals surface area (Å²) in [5.41, 5.74) is 2.13. The van der Waals surface area contributed by atoms with Gasteiger partial charge in [0, 0.05) is 31.7 Å². The van der Waals surface area contributed by atoms with Crippen LogP contribution in [-0.2, 0) is 11.3 Å². The first-order valence-electron chi connectivity index (χ1n) is 6.09. The molecule has 1 saturated heterocycles. The summed E-state index contributed by atoms with van der Waals surface area (Å²) >= 11 is 0. The fourth-order valence-corrected chi connectivity index (χ4v) is 2.10. The lowest BCUT2D eigenvalue weighted by Gasteiger charge is -2.30. The van der Waals surface area contributed by atoms with Crippen LogP contribution in [0.3, 0.4) is 0 Å². The summed E-state index contributed by atoms with van der Waals surface area (Å²) in [6, 6.07) is 0. The molecule has 1 aromatic rings. The molecule has 17 heavy (non-hydrogen) atoms. The average molecular weight is 239 g/mol. The number of nitrogens with zero attached hydrogens (tertiary/aromatic N) is 2. The highest BCUT2D eigenvalue weighted by Crippen LogP contribution is 2.11. The molecule has 0 saturated carbocycles. The van der Waals surface area contributed by atoms with Gasteiger partial charge in [0.2, 0.25) is 0 Å². The lowest BCUT2D eigenvalue weighted by Crippen LogP contribution is -2.44. The van der Waals surface area contributed by atoms with Crippen LogP contribution in [0.15, 0.2) is 4.52 Å². The van der Waals surface area contributed by atoms with E-state index < -0.39 is 0 Å². The zero-order valence-corrected chi connectivity index (χ0v) is 10.8. The largest absolute Gasteiger partial charge is 0.374 e. The number of morpholine rings is 1. The van der Waals surface area contributed by atoms with Crippen LogP contribution < -0.4 is 5.32 Å². The highest BCUT2D eigenvalue weighted by atomic mass is 16.5. The maximum atomic E-state index is 5.69. The molecule has 2 rings (SSSR count). The van der Waals surface area contributed by atoms with Crippen molar-refractivity contribution in [3.63, 3.8) is 0 Å². The first-order valence-corrected chi connectivity index (χ1v) is 6.09. The molecule has 96 valence electrons. The van der Waals surface area contributed by atoms with Gasteiger partial charge in [-0.1, -0.05) is 5.16 Å². The maximum Gasteiger partial charge on any atom is 0.138 e. The van der Waals surface area contributed by atoms with Gasteiger partial charge in [0.15, 0.2) is 0 Å². The lowest BCUT2D eigenvalue weighted by molar-refractivity contribution is -0.0182. The highest BCUT2D eigenvalue weighted by Gasteiger charge is 2.17. The molecule has 5 nitrogen and oxygen atoms in total. The van der Waals surface area contributed by atoms with Crippen LogP contribution in [0.2, 0.25) is 0 Å². The zero-order chi connectivity index (χ0) is 12.3. The van der Waals surface area contributed by atoms with E-state index in [1.54, 1.807) is 0 Å². The number of hydrogen-bond donors (Lipinski definition) is 1. The van der Waals surface area contributed by atoms with E-state index in [0.29, 0.717) is 0 Å². The Hall–Kier alpha value is -0.910. The first kappa shape index (κ1) is 12.5. The average Bonchev–Trinajstić information content (AvgIpc) is 2.61. The van der Waals surface area contributed by atoms with Crippen molar-refractivity contribution < 1.29 is 9.26 Å². The van der Waals surface area contributed by atoms with Crippen molar-refractivity contribution in [2.75, 3.05) is 33.3 Å². The second kappa shape index (κ2) is 5.62. The minimum atomic E-state index is 0.286. The van der Waals surface area contributed by atoms with Crippen LogP contribution in [0.25, 0.3) is 0 Å². The SMILES string of the molecule is Cc1noc(C)c1CNCC1CN(C)CCO1. The molecular weight excluding hydrogens is 218 g/mol. The van der Waals surface area contributed by atoms with Crippen molar-refractivity contribution in [2.45, 2.75) is 26.5 Å². The summed E-state index contributed by atoms with van der Waals surface area (Å²) in [4.78, 5) is 2.30. The third-order valence-electron chi connectivity index (χ3n) is 3.20. The zero-order valence-electron chi connectivity index (χ0n) is 10.8. The van der Waals surface area contributed by atoms with Crippen LogP contribution in [0.4, 0.5) is 0 Å². The monoisotopic (exact) mass is 239 g/mol. The first-order chi connectivity index (χ1) is 8.16. The Kier molecular flexibility index (Phi) is 4.15. The van der Waals surface area contributed by atoms with Crippen molar-refractivity contribution in [3.05, 3.63) is 17.0 Å². The Labute approximate surface area is 102 Å². The molecular formula is C12H21N3O2. The number of aromatic nitrogens is 1. The molecule has 1 atom stereocenters. The van der Waals surface area contributed by atoms with Crippen LogP contribution >= 0.6 is 0 Å². The Balaban J connectivity index is 1.76. The smallest absolute Gasteiger partial charge is 0.138 e. The van der Waals surface area contributed by atoms with Gasteiger partial charge in [-0.25, -0.2) is 0 Å². The van der Waals surface area contributed by atoms with E-state index in [1.807, 2.05) is 13.8 Å². The highest BCUT2D eigenvalue weighted by molar-refractivity contribution is 5.20. The van der Waals surface area contributed by atoms with E-state index in [1.165, 1.54) is 0 Å². The molecule has 1 aromatic heterocycles. The second-order valence-electron chi connectivity index (χ2n) is 4.69. The van der Waals surface area contributed by atoms with Crippen LogP contribution in [0.5, 0.6) is 0 Å². The van der Waals surface area contributed by atoms with Gasteiger partial charge in [0.05, 0.1) is 18.4 Å². The van der Waals surface area contributed by atoms with Gasteiger partial charge < -0.3 is 19.5 Å². The van der Waals surface area contributed by atoms with Crippen LogP contribution in [0, 0.1) is 13.8 Å². The minimum absolute atomic E-state index is 0.286. The molecule has 1 N–H and O–H groups in total. The van der Waals surface area contributed by atoms with Gasteiger partial charge in [0.1, 0.15) is 5.76 Å². The lowest BCUT2D eigenvalue weighted by atomic mass is 10.2. The van der Waals surface area contributed by atoms with E-state index in [0.717, 1.165) is 49.8 Å². The summed E-state index contributed by atoms with van der Waals surface area (Å²) in [5, 5.41) is 7.35. The quantitative estimate of drug-likeness (QED) is 0.838. The molecule has 5 heteroatoms. The molecule has 0 radical (unpaired) electrons. The van der Waals surface area contributed by atoms with Crippen LogP contribution in [0.1, 0.15) is 17.0 Å². The molecule has 0 spiro atoms. The Morgan fingerprint density at radius 2 is 2.29 bits per heavy atom. The Bertz CT molecular complexity index is 345. The van der Waals surface area contributed by atoms with Gasteiger partial charge >= 0.3 is 0 Å². The fourth-order valence-electron chi connectivity index (χ4n) is 2.10. The topological polar surface area (TPSA) is 50.5 Å². The standard InChI is InChI=1S/C12H21N3O2/c1-9-12(10(2)17-14-9)7-13-6-11-8-15(3)4-5-16-11/h11,13H,4-8H2,1-3H3. The van der Waals surface area contributed by atoms with Crippen molar-refractivity contribution in [1.82, 2.24) is 15.4 Å². The van der Waals surface area contributed by atoms with Gasteiger partial charge in [-0.3, -0.25) is 0 Å². The van der Waals surface area contributed by atoms with Gasteiger partial charge in [-0.05, 0) is 20.9 Å².